The molecule has 0 saturated heterocycles. The second-order valence-corrected chi connectivity index (χ2v) is 7.09. The average Bonchev–Trinajstić information content (AvgIpc) is 2.91. The predicted molar refractivity (Wildman–Crippen MR) is 106 cm³/mol. The van der Waals surface area contributed by atoms with Gasteiger partial charge < -0.3 is 20.2 Å². The Hall–Kier alpha value is -2.47. The molecule has 6 heteroatoms. The Balaban J connectivity index is 1.99. The number of hydrogen-bond acceptors (Lipinski definition) is 3. The van der Waals surface area contributed by atoms with Gasteiger partial charge >= 0.3 is 0 Å². The number of aromatic nitrogens is 1. The Morgan fingerprint density at radius 1 is 1.23 bits per heavy atom. The van der Waals surface area contributed by atoms with Gasteiger partial charge in [0.05, 0.1) is 19.0 Å². The second kappa shape index (κ2) is 7.41. The van der Waals surface area contributed by atoms with E-state index in [0.717, 1.165) is 43.5 Å². The smallest absolute Gasteiger partial charge is 0.222 e. The van der Waals surface area contributed by atoms with Crippen LogP contribution in [-0.2, 0) is 17.8 Å². The molecule has 0 radical (unpaired) electrons. The van der Waals surface area contributed by atoms with Crippen molar-refractivity contribution in [3.63, 3.8) is 0 Å². The average molecular weight is 417 g/mol. The number of aryl methyl sites for hydroxylation is 2. The lowest BCUT2D eigenvalue weighted by atomic mass is 10.0. The van der Waals surface area contributed by atoms with E-state index in [1.165, 1.54) is 0 Å². The van der Waals surface area contributed by atoms with Crippen LogP contribution in [0.4, 0.5) is 0 Å². The van der Waals surface area contributed by atoms with Gasteiger partial charge in [-0.2, -0.15) is 0 Å². The Morgan fingerprint density at radius 2 is 1.92 bits per heavy atom. The van der Waals surface area contributed by atoms with E-state index >= 15 is 0 Å². The number of nitrogens with one attached hydrogen (secondary N) is 1. The molecule has 136 valence electrons. The number of carbonyl (C=O) groups excluding carboxylic acids is 1. The molecule has 0 unspecified atom stereocenters. The molecule has 0 saturated carbocycles. The number of fused-ring (bicyclic) bond motifs is 1. The van der Waals surface area contributed by atoms with E-state index in [-0.39, 0.29) is 6.42 Å². The summed E-state index contributed by atoms with van der Waals surface area (Å²) in [5.74, 6) is 1.04. The number of ether oxygens (including phenoxy) is 2. The number of nitrogens with two attached hydrogens (primary N) is 1. The molecule has 26 heavy (non-hydrogen) atoms. The van der Waals surface area contributed by atoms with E-state index in [2.05, 4.69) is 20.9 Å². The van der Waals surface area contributed by atoms with Crippen LogP contribution < -0.4 is 15.2 Å². The lowest BCUT2D eigenvalue weighted by molar-refractivity contribution is -0.117. The molecule has 0 aliphatic carbocycles. The molecular formula is C20H21BrN2O3. The van der Waals surface area contributed by atoms with E-state index < -0.39 is 5.91 Å². The van der Waals surface area contributed by atoms with Crippen molar-refractivity contribution in [2.75, 3.05) is 7.11 Å². The Morgan fingerprint density at radius 3 is 2.54 bits per heavy atom. The van der Waals surface area contributed by atoms with Crippen LogP contribution in [0.3, 0.4) is 0 Å². The standard InChI is InChI=1S/C20H21BrN2O3/c1-11-12(2)23-20-15(8-18(22)24)17(9-16(21)19(11)20)26-10-13-4-6-14(25-3)7-5-13/h4-7,9,23H,8,10H2,1-3H3,(H2,22,24). The Labute approximate surface area is 160 Å². The number of methoxy groups -OCH3 is 1. The summed E-state index contributed by atoms with van der Waals surface area (Å²) in [6, 6.07) is 9.58. The molecular weight excluding hydrogens is 396 g/mol. The van der Waals surface area contributed by atoms with Gasteiger partial charge in [-0.25, -0.2) is 0 Å². The van der Waals surface area contributed by atoms with Gasteiger partial charge in [0, 0.05) is 21.1 Å². The zero-order chi connectivity index (χ0) is 18.8. The van der Waals surface area contributed by atoms with E-state index in [9.17, 15) is 4.79 Å². The molecule has 0 aliphatic heterocycles. The van der Waals surface area contributed by atoms with Gasteiger partial charge in [-0.3, -0.25) is 4.79 Å². The lowest BCUT2D eigenvalue weighted by Crippen LogP contribution is -2.15. The summed E-state index contributed by atoms with van der Waals surface area (Å²) in [6.07, 6.45) is 0.112. The molecule has 0 atom stereocenters. The van der Waals surface area contributed by atoms with Gasteiger partial charge in [0.2, 0.25) is 5.91 Å². The third kappa shape index (κ3) is 3.55. The van der Waals surface area contributed by atoms with Gasteiger partial charge in [0.15, 0.2) is 0 Å². The first-order valence-electron chi connectivity index (χ1n) is 8.25. The highest BCUT2D eigenvalue weighted by molar-refractivity contribution is 9.10. The minimum absolute atomic E-state index is 0.112. The predicted octanol–water partition coefficient (Wildman–Crippen LogP) is 4.16. The summed E-state index contributed by atoms with van der Waals surface area (Å²) in [5.41, 5.74) is 10.3. The molecule has 3 N–H and O–H groups in total. The van der Waals surface area contributed by atoms with Gasteiger partial charge in [0.1, 0.15) is 18.1 Å². The number of hydrogen-bond donors (Lipinski definition) is 2. The monoisotopic (exact) mass is 416 g/mol. The summed E-state index contributed by atoms with van der Waals surface area (Å²) < 4.78 is 12.1. The van der Waals surface area contributed by atoms with Crippen molar-refractivity contribution in [3.8, 4) is 11.5 Å². The topological polar surface area (TPSA) is 77.3 Å². The molecule has 0 aliphatic rings. The van der Waals surface area contributed by atoms with Gasteiger partial charge in [-0.05, 0) is 59.1 Å². The minimum Gasteiger partial charge on any atom is -0.497 e. The van der Waals surface area contributed by atoms with E-state index in [4.69, 9.17) is 15.2 Å². The number of carbonyl (C=O) groups is 1. The van der Waals surface area contributed by atoms with Crippen LogP contribution in [0.15, 0.2) is 34.8 Å². The molecule has 3 aromatic rings. The van der Waals surface area contributed by atoms with Crippen LogP contribution in [0.2, 0.25) is 0 Å². The first-order valence-corrected chi connectivity index (χ1v) is 9.04. The molecule has 2 aromatic carbocycles. The highest BCUT2D eigenvalue weighted by atomic mass is 79.9. The van der Waals surface area contributed by atoms with Gasteiger partial charge in [-0.1, -0.05) is 12.1 Å². The van der Waals surface area contributed by atoms with Crippen molar-refractivity contribution in [2.24, 2.45) is 5.73 Å². The number of primary amides is 1. The summed E-state index contributed by atoms with van der Waals surface area (Å²) in [4.78, 5) is 15.0. The first kappa shape index (κ1) is 18.3. The van der Waals surface area contributed by atoms with Crippen LogP contribution in [0.25, 0.3) is 10.9 Å². The van der Waals surface area contributed by atoms with Gasteiger partial charge in [0.25, 0.3) is 0 Å². The molecule has 0 fully saturated rings. The summed E-state index contributed by atoms with van der Waals surface area (Å²) in [5, 5.41) is 1.05. The largest absolute Gasteiger partial charge is 0.497 e. The molecule has 3 rings (SSSR count). The highest BCUT2D eigenvalue weighted by Crippen LogP contribution is 2.37. The Bertz CT molecular complexity index is 962. The van der Waals surface area contributed by atoms with Crippen LogP contribution in [0.5, 0.6) is 11.5 Å². The highest BCUT2D eigenvalue weighted by Gasteiger charge is 2.18. The van der Waals surface area contributed by atoms with Crippen molar-refractivity contribution in [1.82, 2.24) is 4.98 Å². The maximum atomic E-state index is 11.6. The fourth-order valence-corrected chi connectivity index (χ4v) is 3.71. The molecule has 0 bridgehead atoms. The van der Waals surface area contributed by atoms with Crippen molar-refractivity contribution in [1.29, 1.82) is 0 Å². The van der Waals surface area contributed by atoms with Crippen molar-refractivity contribution in [3.05, 3.63) is 57.2 Å². The number of aromatic amines is 1. The van der Waals surface area contributed by atoms with E-state index in [1.54, 1.807) is 7.11 Å². The first-order chi connectivity index (χ1) is 12.4. The fraction of sp³-hybridized carbons (Fsp3) is 0.250. The summed E-state index contributed by atoms with van der Waals surface area (Å²) in [6.45, 7) is 4.44. The number of benzene rings is 2. The number of rotatable bonds is 6. The normalized spacial score (nSPS) is 10.9. The van der Waals surface area contributed by atoms with Crippen LogP contribution >= 0.6 is 15.9 Å². The number of H-pyrrole nitrogens is 1. The quantitative estimate of drug-likeness (QED) is 0.632. The molecule has 1 aromatic heterocycles. The summed E-state index contributed by atoms with van der Waals surface area (Å²) in [7, 11) is 1.63. The van der Waals surface area contributed by atoms with Crippen molar-refractivity contribution >= 4 is 32.7 Å². The number of amides is 1. The minimum atomic E-state index is -0.396. The van der Waals surface area contributed by atoms with Crippen molar-refractivity contribution < 1.29 is 14.3 Å². The van der Waals surface area contributed by atoms with E-state index in [1.807, 2.05) is 44.2 Å². The molecule has 1 amide bonds. The lowest BCUT2D eigenvalue weighted by Gasteiger charge is -2.14. The van der Waals surface area contributed by atoms with Gasteiger partial charge in [-0.15, -0.1) is 0 Å². The van der Waals surface area contributed by atoms with Crippen molar-refractivity contribution in [2.45, 2.75) is 26.9 Å². The van der Waals surface area contributed by atoms with Crippen LogP contribution in [0.1, 0.15) is 22.4 Å². The zero-order valence-corrected chi connectivity index (χ0v) is 16.6. The SMILES string of the molecule is COc1ccc(COc2cc(Br)c3c(C)c(C)[nH]c3c2CC(N)=O)cc1. The molecule has 0 spiro atoms. The number of halogens is 1. The van der Waals surface area contributed by atoms with Crippen LogP contribution in [-0.4, -0.2) is 18.0 Å². The third-order valence-corrected chi connectivity index (χ3v) is 5.13. The Kier molecular flexibility index (Phi) is 5.23. The van der Waals surface area contributed by atoms with E-state index in [0.29, 0.717) is 12.4 Å². The zero-order valence-electron chi connectivity index (χ0n) is 15.0. The third-order valence-electron chi connectivity index (χ3n) is 4.50. The second-order valence-electron chi connectivity index (χ2n) is 6.24. The van der Waals surface area contributed by atoms with Crippen LogP contribution in [0, 0.1) is 13.8 Å². The summed E-state index contributed by atoms with van der Waals surface area (Å²) >= 11 is 3.62. The fourth-order valence-electron chi connectivity index (χ4n) is 3.00. The molecule has 5 nitrogen and oxygen atoms in total. The molecule has 1 heterocycles. The maximum absolute atomic E-state index is 11.6. The maximum Gasteiger partial charge on any atom is 0.222 e.